The lowest BCUT2D eigenvalue weighted by molar-refractivity contribution is 0.0648. The van der Waals surface area contributed by atoms with Crippen molar-refractivity contribution in [3.8, 4) is 0 Å². The summed E-state index contributed by atoms with van der Waals surface area (Å²) in [6, 6.07) is 1.60. The Morgan fingerprint density at radius 2 is 2.11 bits per heavy atom. The summed E-state index contributed by atoms with van der Waals surface area (Å²) >= 11 is 5.81. The maximum absolute atomic E-state index is 12.5. The Labute approximate surface area is 117 Å². The summed E-state index contributed by atoms with van der Waals surface area (Å²) in [7, 11) is 0. The SMILES string of the molecule is O=C(c1c[nH]ccc1=O)N(CCCl)C1CCCCC1. The minimum Gasteiger partial charge on any atom is -0.367 e. The first-order chi connectivity index (χ1) is 9.24. The Hall–Kier alpha value is -1.29. The number of aromatic amines is 1. The zero-order valence-electron chi connectivity index (χ0n) is 10.9. The normalized spacial score (nSPS) is 16.3. The fourth-order valence-electron chi connectivity index (χ4n) is 2.67. The van der Waals surface area contributed by atoms with Crippen LogP contribution >= 0.6 is 11.6 Å². The van der Waals surface area contributed by atoms with Crippen LogP contribution in [-0.4, -0.2) is 34.3 Å². The van der Waals surface area contributed by atoms with Gasteiger partial charge in [-0.05, 0) is 12.8 Å². The summed E-state index contributed by atoms with van der Waals surface area (Å²) in [5.74, 6) is 0.196. The lowest BCUT2D eigenvalue weighted by atomic mass is 9.94. The van der Waals surface area contributed by atoms with Gasteiger partial charge in [-0.2, -0.15) is 0 Å². The van der Waals surface area contributed by atoms with Gasteiger partial charge in [-0.1, -0.05) is 19.3 Å². The number of carbonyl (C=O) groups excluding carboxylic acids is 1. The number of carbonyl (C=O) groups is 1. The Morgan fingerprint density at radius 3 is 2.74 bits per heavy atom. The van der Waals surface area contributed by atoms with E-state index in [2.05, 4.69) is 4.98 Å². The standard InChI is InChI=1S/C14H19ClN2O2/c15-7-9-17(11-4-2-1-3-5-11)14(19)12-10-16-8-6-13(12)18/h6,8,10-11H,1-5,7,9H2,(H,16,18). The average Bonchev–Trinajstić information content (AvgIpc) is 2.45. The molecule has 0 aromatic carbocycles. The van der Waals surface area contributed by atoms with Crippen molar-refractivity contribution in [2.24, 2.45) is 0 Å². The van der Waals surface area contributed by atoms with Gasteiger partial charge in [0.05, 0.1) is 0 Å². The van der Waals surface area contributed by atoms with E-state index in [1.54, 1.807) is 4.90 Å². The first-order valence-electron chi connectivity index (χ1n) is 6.78. The van der Waals surface area contributed by atoms with Crippen LogP contribution < -0.4 is 5.43 Å². The zero-order chi connectivity index (χ0) is 13.7. The molecule has 1 saturated carbocycles. The van der Waals surface area contributed by atoms with Crippen LogP contribution in [0.5, 0.6) is 0 Å². The molecule has 1 N–H and O–H groups in total. The summed E-state index contributed by atoms with van der Waals surface area (Å²) in [6.07, 6.45) is 8.54. The molecule has 0 radical (unpaired) electrons. The molecule has 1 aromatic heterocycles. The van der Waals surface area contributed by atoms with E-state index in [9.17, 15) is 9.59 Å². The molecule has 104 valence electrons. The molecule has 1 aliphatic carbocycles. The second kappa shape index (κ2) is 6.75. The molecular weight excluding hydrogens is 264 g/mol. The van der Waals surface area contributed by atoms with E-state index in [1.165, 1.54) is 24.9 Å². The van der Waals surface area contributed by atoms with E-state index in [1.807, 2.05) is 0 Å². The lowest BCUT2D eigenvalue weighted by Crippen LogP contribution is -2.44. The highest BCUT2D eigenvalue weighted by Crippen LogP contribution is 2.23. The lowest BCUT2D eigenvalue weighted by Gasteiger charge is -2.33. The quantitative estimate of drug-likeness (QED) is 0.862. The maximum Gasteiger partial charge on any atom is 0.259 e. The Balaban J connectivity index is 2.20. The van der Waals surface area contributed by atoms with Crippen LogP contribution in [0.1, 0.15) is 42.5 Å². The molecule has 4 nitrogen and oxygen atoms in total. The summed E-state index contributed by atoms with van der Waals surface area (Å²) in [4.78, 5) is 28.8. The number of nitrogens with zero attached hydrogens (tertiary/aromatic N) is 1. The molecule has 5 heteroatoms. The molecule has 0 unspecified atom stereocenters. The van der Waals surface area contributed by atoms with Gasteiger partial charge in [-0.25, -0.2) is 0 Å². The van der Waals surface area contributed by atoms with Crippen molar-refractivity contribution in [2.75, 3.05) is 12.4 Å². The van der Waals surface area contributed by atoms with E-state index in [-0.39, 0.29) is 22.9 Å². The second-order valence-corrected chi connectivity index (χ2v) is 5.28. The van der Waals surface area contributed by atoms with Crippen molar-refractivity contribution < 1.29 is 4.79 Å². The number of halogens is 1. The van der Waals surface area contributed by atoms with E-state index in [0.717, 1.165) is 25.7 Å². The number of pyridine rings is 1. The number of alkyl halides is 1. The molecule has 19 heavy (non-hydrogen) atoms. The van der Waals surface area contributed by atoms with Crippen LogP contribution in [0.25, 0.3) is 0 Å². The van der Waals surface area contributed by atoms with Crippen molar-refractivity contribution in [3.63, 3.8) is 0 Å². The van der Waals surface area contributed by atoms with Gasteiger partial charge in [0.15, 0.2) is 5.43 Å². The van der Waals surface area contributed by atoms with Crippen molar-refractivity contribution >= 4 is 17.5 Å². The molecule has 1 fully saturated rings. The summed E-state index contributed by atoms with van der Waals surface area (Å²) < 4.78 is 0. The molecule has 0 saturated heterocycles. The van der Waals surface area contributed by atoms with Gasteiger partial charge in [0.25, 0.3) is 5.91 Å². The largest absolute Gasteiger partial charge is 0.367 e. The van der Waals surface area contributed by atoms with Gasteiger partial charge in [0.1, 0.15) is 5.56 Å². The molecule has 1 amide bonds. The third kappa shape index (κ3) is 3.38. The van der Waals surface area contributed by atoms with Crippen LogP contribution in [0.2, 0.25) is 0 Å². The molecule has 0 bridgehead atoms. The summed E-state index contributed by atoms with van der Waals surface area (Å²) in [5.41, 5.74) is -0.0303. The maximum atomic E-state index is 12.5. The highest BCUT2D eigenvalue weighted by molar-refractivity contribution is 6.18. The van der Waals surface area contributed by atoms with Gasteiger partial charge in [0, 0.05) is 36.9 Å². The fraction of sp³-hybridized carbons (Fsp3) is 0.571. The fourth-order valence-corrected chi connectivity index (χ4v) is 2.85. The van der Waals surface area contributed by atoms with Crippen LogP contribution in [0.15, 0.2) is 23.3 Å². The zero-order valence-corrected chi connectivity index (χ0v) is 11.7. The van der Waals surface area contributed by atoms with Crippen LogP contribution in [0.3, 0.4) is 0 Å². The van der Waals surface area contributed by atoms with Crippen LogP contribution in [-0.2, 0) is 0 Å². The minimum absolute atomic E-state index is 0.200. The van der Waals surface area contributed by atoms with Gasteiger partial charge in [-0.15, -0.1) is 11.6 Å². The van der Waals surface area contributed by atoms with E-state index in [0.29, 0.717) is 12.4 Å². The Morgan fingerprint density at radius 1 is 1.37 bits per heavy atom. The van der Waals surface area contributed by atoms with Gasteiger partial charge < -0.3 is 9.88 Å². The highest BCUT2D eigenvalue weighted by Gasteiger charge is 2.26. The van der Waals surface area contributed by atoms with E-state index < -0.39 is 0 Å². The van der Waals surface area contributed by atoms with Crippen LogP contribution in [0.4, 0.5) is 0 Å². The van der Waals surface area contributed by atoms with Crippen molar-refractivity contribution in [1.82, 2.24) is 9.88 Å². The minimum atomic E-state index is -0.237. The molecule has 1 aliphatic rings. The number of amides is 1. The van der Waals surface area contributed by atoms with Crippen molar-refractivity contribution in [2.45, 2.75) is 38.1 Å². The monoisotopic (exact) mass is 282 g/mol. The number of hydrogen-bond donors (Lipinski definition) is 1. The molecular formula is C14H19ClN2O2. The molecule has 2 rings (SSSR count). The first kappa shape index (κ1) is 14.1. The molecule has 1 aromatic rings. The smallest absolute Gasteiger partial charge is 0.259 e. The number of aromatic nitrogens is 1. The van der Waals surface area contributed by atoms with E-state index in [4.69, 9.17) is 11.6 Å². The molecule has 1 heterocycles. The average molecular weight is 283 g/mol. The molecule has 0 atom stereocenters. The predicted molar refractivity (Wildman–Crippen MR) is 75.7 cm³/mol. The first-order valence-corrected chi connectivity index (χ1v) is 7.31. The second-order valence-electron chi connectivity index (χ2n) is 4.90. The molecule has 0 spiro atoms. The number of nitrogens with one attached hydrogen (secondary N) is 1. The third-order valence-electron chi connectivity index (χ3n) is 3.66. The Bertz CT molecular complexity index is 480. The van der Waals surface area contributed by atoms with Crippen molar-refractivity contribution in [1.29, 1.82) is 0 Å². The number of H-pyrrole nitrogens is 1. The topological polar surface area (TPSA) is 53.2 Å². The number of rotatable bonds is 4. The van der Waals surface area contributed by atoms with Gasteiger partial charge >= 0.3 is 0 Å². The van der Waals surface area contributed by atoms with E-state index >= 15 is 0 Å². The Kier molecular flexibility index (Phi) is 5.02. The van der Waals surface area contributed by atoms with Gasteiger partial charge in [-0.3, -0.25) is 9.59 Å². The summed E-state index contributed by atoms with van der Waals surface area (Å²) in [5, 5.41) is 0. The van der Waals surface area contributed by atoms with Gasteiger partial charge in [0.2, 0.25) is 0 Å². The summed E-state index contributed by atoms with van der Waals surface area (Å²) in [6.45, 7) is 0.499. The number of hydrogen-bond acceptors (Lipinski definition) is 2. The highest BCUT2D eigenvalue weighted by atomic mass is 35.5. The van der Waals surface area contributed by atoms with Crippen molar-refractivity contribution in [3.05, 3.63) is 34.2 Å². The molecule has 0 aliphatic heterocycles. The third-order valence-corrected chi connectivity index (χ3v) is 3.83. The van der Waals surface area contributed by atoms with Crippen LogP contribution in [0, 0.1) is 0 Å². The predicted octanol–water partition coefficient (Wildman–Crippen LogP) is 2.39.